The van der Waals surface area contributed by atoms with Crippen molar-refractivity contribution in [2.45, 2.75) is 39.2 Å². The number of nitrogens with zero attached hydrogens (tertiary/aromatic N) is 1. The molecule has 1 atom stereocenters. The van der Waals surface area contributed by atoms with Crippen molar-refractivity contribution in [2.75, 3.05) is 6.54 Å². The van der Waals surface area contributed by atoms with Crippen molar-refractivity contribution in [3.8, 4) is 0 Å². The number of carboxylic acids is 1. The highest BCUT2D eigenvalue weighted by Gasteiger charge is 2.21. The maximum absolute atomic E-state index is 12.4. The summed E-state index contributed by atoms with van der Waals surface area (Å²) in [4.78, 5) is 27.9. The third-order valence-electron chi connectivity index (χ3n) is 4.03. The van der Waals surface area contributed by atoms with Crippen LogP contribution in [0.5, 0.6) is 0 Å². The van der Waals surface area contributed by atoms with Gasteiger partial charge >= 0.3 is 5.97 Å². The van der Waals surface area contributed by atoms with Crippen LogP contribution in [0.4, 0.5) is 0 Å². The second-order valence-electron chi connectivity index (χ2n) is 5.53. The molecule has 5 heteroatoms. The molecule has 0 fully saturated rings. The van der Waals surface area contributed by atoms with Crippen LogP contribution < -0.4 is 0 Å². The molecule has 1 unspecified atom stereocenters. The summed E-state index contributed by atoms with van der Waals surface area (Å²) in [6.07, 6.45) is 3.59. The molecule has 0 aliphatic carbocycles. The summed E-state index contributed by atoms with van der Waals surface area (Å²) < 4.78 is 0. The molecule has 0 radical (unpaired) electrons. The molecule has 0 saturated heterocycles. The first-order valence-corrected chi connectivity index (χ1v) is 7.59. The molecule has 0 aliphatic heterocycles. The summed E-state index contributed by atoms with van der Waals surface area (Å²) in [5.74, 6) is -1.08. The summed E-state index contributed by atoms with van der Waals surface area (Å²) >= 11 is 0. The minimum absolute atomic E-state index is 0.0634. The van der Waals surface area contributed by atoms with E-state index in [0.29, 0.717) is 12.8 Å². The van der Waals surface area contributed by atoms with Gasteiger partial charge in [0.1, 0.15) is 6.54 Å². The highest BCUT2D eigenvalue weighted by molar-refractivity contribution is 5.85. The van der Waals surface area contributed by atoms with Crippen molar-refractivity contribution >= 4 is 22.8 Å². The van der Waals surface area contributed by atoms with Crippen molar-refractivity contribution in [3.63, 3.8) is 0 Å². The van der Waals surface area contributed by atoms with Gasteiger partial charge in [0.15, 0.2) is 0 Å². The van der Waals surface area contributed by atoms with Gasteiger partial charge < -0.3 is 15.0 Å². The fraction of sp³-hybridized carbons (Fsp3) is 0.412. The van der Waals surface area contributed by atoms with Gasteiger partial charge in [-0.1, -0.05) is 25.1 Å². The molecule has 2 aromatic rings. The summed E-state index contributed by atoms with van der Waals surface area (Å²) in [6, 6.07) is 7.89. The SMILES string of the molecule is CCC(C)N(CC(=O)O)C(=O)CCc1c[nH]c2ccccc12. The first kappa shape index (κ1) is 16.1. The quantitative estimate of drug-likeness (QED) is 0.826. The van der Waals surface area contributed by atoms with E-state index in [0.717, 1.165) is 22.9 Å². The van der Waals surface area contributed by atoms with E-state index in [1.807, 2.05) is 44.3 Å². The van der Waals surface area contributed by atoms with Crippen LogP contribution in [-0.4, -0.2) is 39.5 Å². The van der Waals surface area contributed by atoms with Crippen LogP contribution in [0.15, 0.2) is 30.5 Å². The molecule has 1 aromatic carbocycles. The number of carboxylic acid groups (broad SMARTS) is 1. The van der Waals surface area contributed by atoms with Crippen molar-refractivity contribution in [1.29, 1.82) is 0 Å². The van der Waals surface area contributed by atoms with Gasteiger partial charge in [-0.25, -0.2) is 0 Å². The number of hydrogen-bond donors (Lipinski definition) is 2. The first-order valence-electron chi connectivity index (χ1n) is 7.59. The molecule has 1 amide bonds. The number of fused-ring (bicyclic) bond motifs is 1. The maximum atomic E-state index is 12.4. The standard InChI is InChI=1S/C17H22N2O3/c1-3-12(2)19(11-17(21)22)16(20)9-8-13-10-18-15-7-5-4-6-14(13)15/h4-7,10,12,18H,3,8-9,11H2,1-2H3,(H,21,22). The third kappa shape index (κ3) is 3.67. The van der Waals surface area contributed by atoms with Crippen LogP contribution in [0.3, 0.4) is 0 Å². The van der Waals surface area contributed by atoms with Crippen molar-refractivity contribution < 1.29 is 14.7 Å². The molecule has 22 heavy (non-hydrogen) atoms. The van der Waals surface area contributed by atoms with E-state index in [-0.39, 0.29) is 18.5 Å². The number of rotatable bonds is 7. The van der Waals surface area contributed by atoms with E-state index in [4.69, 9.17) is 5.11 Å². The fourth-order valence-electron chi connectivity index (χ4n) is 2.58. The number of aryl methyl sites for hydroxylation is 1. The Morgan fingerprint density at radius 1 is 1.32 bits per heavy atom. The Morgan fingerprint density at radius 2 is 2.05 bits per heavy atom. The molecule has 118 valence electrons. The number of H-pyrrole nitrogens is 1. The number of benzene rings is 1. The van der Waals surface area contributed by atoms with Gasteiger partial charge in [0.05, 0.1) is 0 Å². The average Bonchev–Trinajstić information content (AvgIpc) is 2.92. The largest absolute Gasteiger partial charge is 0.480 e. The second-order valence-corrected chi connectivity index (χ2v) is 5.53. The monoisotopic (exact) mass is 302 g/mol. The molecular formula is C17H22N2O3. The molecule has 1 heterocycles. The number of amides is 1. The van der Waals surface area contributed by atoms with Crippen LogP contribution >= 0.6 is 0 Å². The number of aromatic amines is 1. The Bertz CT molecular complexity index is 663. The molecule has 5 nitrogen and oxygen atoms in total. The van der Waals surface area contributed by atoms with Crippen LogP contribution in [0, 0.1) is 0 Å². The normalized spacial score (nSPS) is 12.3. The van der Waals surface area contributed by atoms with E-state index >= 15 is 0 Å². The highest BCUT2D eigenvalue weighted by atomic mass is 16.4. The summed E-state index contributed by atoms with van der Waals surface area (Å²) in [7, 11) is 0. The zero-order valence-corrected chi connectivity index (χ0v) is 13.0. The topological polar surface area (TPSA) is 73.4 Å². The molecule has 0 aliphatic rings. The summed E-state index contributed by atoms with van der Waals surface area (Å²) in [5, 5.41) is 10.1. The molecule has 0 bridgehead atoms. The van der Waals surface area contributed by atoms with Crippen LogP contribution in [0.2, 0.25) is 0 Å². The van der Waals surface area contributed by atoms with Gasteiger partial charge in [0, 0.05) is 29.6 Å². The average molecular weight is 302 g/mol. The Kier molecular flexibility index (Phi) is 5.20. The lowest BCUT2D eigenvalue weighted by atomic mass is 10.1. The lowest BCUT2D eigenvalue weighted by molar-refractivity contribution is -0.146. The van der Waals surface area contributed by atoms with E-state index in [1.54, 1.807) is 0 Å². The van der Waals surface area contributed by atoms with Crippen LogP contribution in [0.1, 0.15) is 32.3 Å². The number of carbonyl (C=O) groups excluding carboxylic acids is 1. The highest BCUT2D eigenvalue weighted by Crippen LogP contribution is 2.19. The number of aliphatic carboxylic acids is 1. The lowest BCUT2D eigenvalue weighted by Gasteiger charge is -2.27. The van der Waals surface area contributed by atoms with Crippen LogP contribution in [0.25, 0.3) is 10.9 Å². The number of hydrogen-bond acceptors (Lipinski definition) is 2. The summed E-state index contributed by atoms with van der Waals surface area (Å²) in [6.45, 7) is 3.60. The zero-order valence-electron chi connectivity index (χ0n) is 13.0. The fourth-order valence-corrected chi connectivity index (χ4v) is 2.58. The van der Waals surface area contributed by atoms with Gasteiger partial charge in [-0.15, -0.1) is 0 Å². The van der Waals surface area contributed by atoms with E-state index in [9.17, 15) is 9.59 Å². The number of para-hydroxylation sites is 1. The predicted molar refractivity (Wildman–Crippen MR) is 85.7 cm³/mol. The minimum Gasteiger partial charge on any atom is -0.480 e. The van der Waals surface area contributed by atoms with Crippen molar-refractivity contribution in [2.24, 2.45) is 0 Å². The Balaban J connectivity index is 2.05. The zero-order chi connectivity index (χ0) is 16.1. The molecule has 2 N–H and O–H groups in total. The second kappa shape index (κ2) is 7.11. The number of nitrogens with one attached hydrogen (secondary N) is 1. The van der Waals surface area contributed by atoms with E-state index < -0.39 is 5.97 Å². The Hall–Kier alpha value is -2.30. The van der Waals surface area contributed by atoms with Gasteiger partial charge in [0.2, 0.25) is 5.91 Å². The lowest BCUT2D eigenvalue weighted by Crippen LogP contribution is -2.41. The first-order chi connectivity index (χ1) is 10.5. The Labute approximate surface area is 129 Å². The van der Waals surface area contributed by atoms with Gasteiger partial charge in [-0.05, 0) is 31.4 Å². The predicted octanol–water partition coefficient (Wildman–Crippen LogP) is 2.81. The third-order valence-corrected chi connectivity index (χ3v) is 4.03. The van der Waals surface area contributed by atoms with Crippen molar-refractivity contribution in [1.82, 2.24) is 9.88 Å². The van der Waals surface area contributed by atoms with Gasteiger partial charge in [-0.2, -0.15) is 0 Å². The molecule has 2 rings (SSSR count). The van der Waals surface area contributed by atoms with Gasteiger partial charge in [0.25, 0.3) is 0 Å². The molecular weight excluding hydrogens is 280 g/mol. The number of carbonyl (C=O) groups is 2. The Morgan fingerprint density at radius 3 is 2.73 bits per heavy atom. The van der Waals surface area contributed by atoms with E-state index in [2.05, 4.69) is 4.98 Å². The minimum atomic E-state index is -0.972. The molecule has 1 aromatic heterocycles. The number of aromatic nitrogens is 1. The smallest absolute Gasteiger partial charge is 0.323 e. The van der Waals surface area contributed by atoms with E-state index in [1.165, 1.54) is 4.90 Å². The summed E-state index contributed by atoms with van der Waals surface area (Å²) in [5.41, 5.74) is 2.14. The van der Waals surface area contributed by atoms with Crippen LogP contribution in [-0.2, 0) is 16.0 Å². The van der Waals surface area contributed by atoms with Crippen molar-refractivity contribution in [3.05, 3.63) is 36.0 Å². The molecule has 0 spiro atoms. The molecule has 0 saturated carbocycles. The van der Waals surface area contributed by atoms with Gasteiger partial charge in [-0.3, -0.25) is 9.59 Å². The maximum Gasteiger partial charge on any atom is 0.323 e.